The zero-order valence-corrected chi connectivity index (χ0v) is 6.06. The number of thiol groups is 1. The van der Waals surface area contributed by atoms with Gasteiger partial charge >= 0.3 is 12.6 Å². The predicted molar refractivity (Wildman–Crippen MR) is 28.7 cm³/mol. The SMILES string of the molecule is FC(F)(F)N(S)C(F)(F)F.[Li]. The third kappa shape index (κ3) is 4.84. The molecule has 1 radical (unpaired) electrons. The Morgan fingerprint density at radius 1 is 0.818 bits per heavy atom. The van der Waals surface area contributed by atoms with Crippen LogP contribution in [0.1, 0.15) is 0 Å². The molecule has 0 spiro atoms. The summed E-state index contributed by atoms with van der Waals surface area (Å²) in [6, 6.07) is 0. The topological polar surface area (TPSA) is 3.24 Å². The minimum Gasteiger partial charge on any atom is -0.154 e. The second-order valence-electron chi connectivity index (χ2n) is 1.25. The summed E-state index contributed by atoms with van der Waals surface area (Å²) in [6.45, 7) is 0. The van der Waals surface area contributed by atoms with Crippen molar-refractivity contribution in [3.8, 4) is 0 Å². The molecule has 0 saturated carbocycles. The van der Waals surface area contributed by atoms with Crippen LogP contribution >= 0.6 is 12.8 Å². The van der Waals surface area contributed by atoms with Gasteiger partial charge in [-0.2, -0.15) is 26.3 Å². The zero-order chi connectivity index (χ0) is 8.58. The van der Waals surface area contributed by atoms with E-state index in [4.69, 9.17) is 0 Å². The van der Waals surface area contributed by atoms with E-state index in [1.54, 1.807) is 0 Å². The second-order valence-corrected chi connectivity index (χ2v) is 1.65. The van der Waals surface area contributed by atoms with E-state index >= 15 is 0 Å². The quantitative estimate of drug-likeness (QED) is 0.265. The summed E-state index contributed by atoms with van der Waals surface area (Å²) in [5.41, 5.74) is 0. The average Bonchev–Trinajstić information content (AvgIpc) is 1.59. The van der Waals surface area contributed by atoms with Gasteiger partial charge in [-0.3, -0.25) is 0 Å². The van der Waals surface area contributed by atoms with Crippen molar-refractivity contribution in [1.29, 1.82) is 0 Å². The molecule has 0 amide bonds. The van der Waals surface area contributed by atoms with E-state index in [-0.39, 0.29) is 18.9 Å². The van der Waals surface area contributed by atoms with Gasteiger partial charge in [-0.05, 0) is 0 Å². The van der Waals surface area contributed by atoms with Gasteiger partial charge in [0.05, 0.1) is 0 Å². The Morgan fingerprint density at radius 2 is 1.00 bits per heavy atom. The molecule has 1 nitrogen and oxygen atoms in total. The molecule has 0 saturated heterocycles. The van der Waals surface area contributed by atoms with Crippen LogP contribution in [0.5, 0.6) is 0 Å². The van der Waals surface area contributed by atoms with Gasteiger partial charge in [-0.15, -0.1) is 0 Å². The molecule has 0 rings (SSSR count). The van der Waals surface area contributed by atoms with E-state index in [0.717, 1.165) is 0 Å². The van der Waals surface area contributed by atoms with Crippen molar-refractivity contribution in [2.45, 2.75) is 12.6 Å². The summed E-state index contributed by atoms with van der Waals surface area (Å²) in [7, 11) is 0. The first kappa shape index (κ1) is 14.0. The fourth-order valence-electron chi connectivity index (χ4n) is 0.144. The normalized spacial score (nSPS) is 13.1. The molecule has 0 aliphatic carbocycles. The summed E-state index contributed by atoms with van der Waals surface area (Å²) >= 11 is 2.17. The van der Waals surface area contributed by atoms with Gasteiger partial charge in [0.25, 0.3) is 0 Å². The number of alkyl halides is 6. The molecule has 0 aliphatic heterocycles. The number of hydrogen-bond donors (Lipinski definition) is 1. The molecule has 0 heterocycles. The maximum atomic E-state index is 11.1. The maximum absolute atomic E-state index is 11.1. The largest absolute Gasteiger partial charge is 0.476 e. The number of halogens is 6. The first-order valence-corrected chi connectivity index (χ1v) is 2.18. The Bertz CT molecular complexity index is 105. The third-order valence-electron chi connectivity index (χ3n) is 0.480. The van der Waals surface area contributed by atoms with E-state index in [1.165, 1.54) is 0 Å². The molecule has 0 unspecified atom stereocenters. The molecule has 0 atom stereocenters. The first-order chi connectivity index (χ1) is 4.15. The summed E-state index contributed by atoms with van der Waals surface area (Å²) in [5.74, 6) is 0. The smallest absolute Gasteiger partial charge is 0.154 e. The van der Waals surface area contributed by atoms with Crippen molar-refractivity contribution in [2.75, 3.05) is 0 Å². The van der Waals surface area contributed by atoms with Gasteiger partial charge in [0, 0.05) is 18.9 Å². The molecule has 0 fully saturated rings. The molecule has 0 N–H and O–H groups in total. The Morgan fingerprint density at radius 3 is 1.00 bits per heavy atom. The van der Waals surface area contributed by atoms with Crippen LogP contribution < -0.4 is 0 Å². The van der Waals surface area contributed by atoms with E-state index in [2.05, 4.69) is 12.8 Å². The monoisotopic (exact) mass is 192 g/mol. The Balaban J connectivity index is 0. The van der Waals surface area contributed by atoms with Gasteiger partial charge < -0.3 is 0 Å². The van der Waals surface area contributed by atoms with E-state index in [0.29, 0.717) is 0 Å². The molecular formula is C2HF6LiNS. The van der Waals surface area contributed by atoms with E-state index in [1.807, 2.05) is 0 Å². The van der Waals surface area contributed by atoms with E-state index < -0.39 is 16.9 Å². The first-order valence-electron chi connectivity index (χ1n) is 1.78. The van der Waals surface area contributed by atoms with Crippen LogP contribution in [0.15, 0.2) is 0 Å². The van der Waals surface area contributed by atoms with Crippen molar-refractivity contribution in [3.63, 3.8) is 0 Å². The maximum Gasteiger partial charge on any atom is 0.476 e. The van der Waals surface area contributed by atoms with Gasteiger partial charge in [0.1, 0.15) is 0 Å². The molecular weight excluding hydrogens is 191 g/mol. The summed E-state index contributed by atoms with van der Waals surface area (Å²) in [4.78, 5) is 0. The van der Waals surface area contributed by atoms with E-state index in [9.17, 15) is 26.3 Å². The molecule has 9 heteroatoms. The Kier molecular flexibility index (Phi) is 5.02. The fourth-order valence-corrected chi connectivity index (χ4v) is 0.144. The average molecular weight is 192 g/mol. The molecule has 0 aromatic carbocycles. The number of nitrogens with zero attached hydrogens (tertiary/aromatic N) is 1. The summed E-state index contributed by atoms with van der Waals surface area (Å²) in [6.07, 6.45) is -11.0. The molecule has 11 heavy (non-hydrogen) atoms. The zero-order valence-electron chi connectivity index (χ0n) is 5.16. The fraction of sp³-hybridized carbons (Fsp3) is 1.00. The van der Waals surface area contributed by atoms with Crippen LogP contribution in [0.3, 0.4) is 0 Å². The number of hydrogen-bond acceptors (Lipinski definition) is 2. The van der Waals surface area contributed by atoms with Gasteiger partial charge in [0.2, 0.25) is 0 Å². The van der Waals surface area contributed by atoms with Crippen LogP contribution in [0.2, 0.25) is 0 Å². The second kappa shape index (κ2) is 3.94. The van der Waals surface area contributed by atoms with Crippen molar-refractivity contribution in [2.24, 2.45) is 0 Å². The van der Waals surface area contributed by atoms with Gasteiger partial charge in [-0.1, -0.05) is 17.1 Å². The molecule has 63 valence electrons. The van der Waals surface area contributed by atoms with Crippen LogP contribution in [-0.2, 0) is 0 Å². The number of rotatable bonds is 0. The van der Waals surface area contributed by atoms with Crippen LogP contribution in [0, 0.1) is 0 Å². The predicted octanol–water partition coefficient (Wildman–Crippen LogP) is 1.79. The van der Waals surface area contributed by atoms with Crippen LogP contribution in [-0.4, -0.2) is 35.8 Å². The van der Waals surface area contributed by atoms with Crippen molar-refractivity contribution < 1.29 is 26.3 Å². The summed E-state index contributed by atoms with van der Waals surface area (Å²) in [5, 5.41) is 0. The molecule has 0 aromatic heterocycles. The van der Waals surface area contributed by atoms with Crippen LogP contribution in [0.4, 0.5) is 26.3 Å². The molecule has 0 aromatic rings. The summed E-state index contributed by atoms with van der Waals surface area (Å²) < 4.78 is 64.5. The Labute approximate surface area is 75.4 Å². The molecule has 0 bridgehead atoms. The Hall–Kier alpha value is 0.487. The standard InChI is InChI=1S/C2HF6NS.Li/c3-1(4,5)9(10)2(6,7)8;/h10H;. The van der Waals surface area contributed by atoms with Crippen molar-refractivity contribution in [1.82, 2.24) is 4.31 Å². The minimum absolute atomic E-state index is 0. The van der Waals surface area contributed by atoms with Crippen molar-refractivity contribution >= 4 is 31.7 Å². The minimum atomic E-state index is -5.48. The van der Waals surface area contributed by atoms with Gasteiger partial charge in [-0.25, -0.2) is 0 Å². The third-order valence-corrected chi connectivity index (χ3v) is 0.934. The van der Waals surface area contributed by atoms with Gasteiger partial charge in [0.15, 0.2) is 0 Å². The van der Waals surface area contributed by atoms with Crippen molar-refractivity contribution in [3.05, 3.63) is 0 Å². The molecule has 0 aliphatic rings. The van der Waals surface area contributed by atoms with Crippen LogP contribution in [0.25, 0.3) is 0 Å².